The first kappa shape index (κ1) is 19.4. The average Bonchev–Trinajstić information content (AvgIpc) is 3.11. The van der Waals surface area contributed by atoms with Crippen LogP contribution in [0.1, 0.15) is 24.8 Å². The van der Waals surface area contributed by atoms with Gasteiger partial charge in [0.1, 0.15) is 23.1 Å². The zero-order valence-electron chi connectivity index (χ0n) is 17.1. The van der Waals surface area contributed by atoms with Crippen molar-refractivity contribution >= 4 is 22.8 Å². The number of fused-ring (bicyclic) bond motifs is 1. The maximum atomic E-state index is 14.5. The van der Waals surface area contributed by atoms with E-state index in [0.29, 0.717) is 22.7 Å². The van der Waals surface area contributed by atoms with E-state index in [1.54, 1.807) is 0 Å². The van der Waals surface area contributed by atoms with Crippen LogP contribution in [-0.4, -0.2) is 32.8 Å². The predicted octanol–water partition coefficient (Wildman–Crippen LogP) is 4.64. The summed E-state index contributed by atoms with van der Waals surface area (Å²) in [6, 6.07) is 11.1. The Morgan fingerprint density at radius 1 is 0.968 bits per heavy atom. The molecule has 0 spiro atoms. The molecule has 1 aliphatic heterocycles. The van der Waals surface area contributed by atoms with Crippen molar-refractivity contribution in [2.45, 2.75) is 26.2 Å². The number of halogens is 2. The number of anilines is 2. The third-order valence-electron chi connectivity index (χ3n) is 5.62. The number of hydrogen-bond acceptors (Lipinski definition) is 5. The standard InChI is InChI=1S/C23H22F2N6/c1-14-6-5-7-15(12-14)20-19-21(26)31(18-13-16(24)8-9-17(18)25)29-22(19)28-23(27-20)30-10-3-2-4-11-30/h5-9,12-13H,2-4,10-11,26H2,1H3. The van der Waals surface area contributed by atoms with Crippen molar-refractivity contribution in [2.24, 2.45) is 0 Å². The summed E-state index contributed by atoms with van der Waals surface area (Å²) in [5.74, 6) is -0.453. The molecule has 1 saturated heterocycles. The van der Waals surface area contributed by atoms with Crippen LogP contribution in [0.25, 0.3) is 28.0 Å². The Labute approximate surface area is 178 Å². The normalized spacial score (nSPS) is 14.4. The number of nitrogens with two attached hydrogens (primary N) is 1. The fourth-order valence-corrected chi connectivity index (χ4v) is 4.07. The minimum absolute atomic E-state index is 0.0646. The molecule has 0 bridgehead atoms. The van der Waals surface area contributed by atoms with Crippen molar-refractivity contribution in [2.75, 3.05) is 23.7 Å². The van der Waals surface area contributed by atoms with Crippen LogP contribution in [0.3, 0.4) is 0 Å². The van der Waals surface area contributed by atoms with Crippen LogP contribution >= 0.6 is 0 Å². The molecule has 0 radical (unpaired) electrons. The van der Waals surface area contributed by atoms with Gasteiger partial charge in [-0.25, -0.2) is 18.4 Å². The number of aromatic nitrogens is 4. The fourth-order valence-electron chi connectivity index (χ4n) is 4.07. The summed E-state index contributed by atoms with van der Waals surface area (Å²) < 4.78 is 29.5. The number of nitrogens with zero attached hydrogens (tertiary/aromatic N) is 5. The molecule has 4 aromatic rings. The second kappa shape index (κ2) is 7.61. The van der Waals surface area contributed by atoms with Gasteiger partial charge in [-0.2, -0.15) is 4.98 Å². The molecule has 1 fully saturated rings. The molecule has 6 nitrogen and oxygen atoms in total. The molecule has 0 aliphatic carbocycles. The third kappa shape index (κ3) is 3.48. The summed E-state index contributed by atoms with van der Waals surface area (Å²) in [6.07, 6.45) is 3.34. The lowest BCUT2D eigenvalue weighted by atomic mass is 10.1. The lowest BCUT2D eigenvalue weighted by Gasteiger charge is -2.26. The number of piperidine rings is 1. The smallest absolute Gasteiger partial charge is 0.228 e. The van der Waals surface area contributed by atoms with Crippen molar-refractivity contribution in [3.05, 3.63) is 59.7 Å². The van der Waals surface area contributed by atoms with Crippen molar-refractivity contribution in [1.29, 1.82) is 0 Å². The number of hydrogen-bond donors (Lipinski definition) is 1. The van der Waals surface area contributed by atoms with Crippen LogP contribution in [0.2, 0.25) is 0 Å². The minimum Gasteiger partial charge on any atom is -0.383 e. The molecule has 158 valence electrons. The van der Waals surface area contributed by atoms with Crippen LogP contribution in [0, 0.1) is 18.6 Å². The van der Waals surface area contributed by atoms with Crippen LogP contribution in [-0.2, 0) is 0 Å². The number of aryl methyl sites for hydroxylation is 1. The lowest BCUT2D eigenvalue weighted by Crippen LogP contribution is -2.31. The summed E-state index contributed by atoms with van der Waals surface area (Å²) in [5, 5.41) is 4.98. The molecule has 0 atom stereocenters. The first-order chi connectivity index (χ1) is 15.0. The lowest BCUT2D eigenvalue weighted by molar-refractivity contribution is 0.569. The van der Waals surface area contributed by atoms with Crippen molar-refractivity contribution in [3.63, 3.8) is 0 Å². The summed E-state index contributed by atoms with van der Waals surface area (Å²) >= 11 is 0. The molecule has 2 N–H and O–H groups in total. The van der Waals surface area contributed by atoms with Gasteiger partial charge in [0.2, 0.25) is 5.95 Å². The van der Waals surface area contributed by atoms with Gasteiger partial charge in [-0.1, -0.05) is 23.8 Å². The Morgan fingerprint density at radius 2 is 1.77 bits per heavy atom. The predicted molar refractivity (Wildman–Crippen MR) is 117 cm³/mol. The zero-order valence-corrected chi connectivity index (χ0v) is 17.1. The molecule has 31 heavy (non-hydrogen) atoms. The second-order valence-corrected chi connectivity index (χ2v) is 7.88. The average molecular weight is 420 g/mol. The molecule has 5 rings (SSSR count). The Balaban J connectivity index is 1.77. The monoisotopic (exact) mass is 420 g/mol. The molecular formula is C23H22F2N6. The zero-order chi connectivity index (χ0) is 21.5. The van der Waals surface area contributed by atoms with Gasteiger partial charge in [-0.3, -0.25) is 0 Å². The van der Waals surface area contributed by atoms with Gasteiger partial charge in [0.25, 0.3) is 0 Å². The van der Waals surface area contributed by atoms with Crippen LogP contribution in [0.15, 0.2) is 42.5 Å². The molecule has 0 saturated carbocycles. The fraction of sp³-hybridized carbons (Fsp3) is 0.261. The van der Waals surface area contributed by atoms with Crippen molar-refractivity contribution in [1.82, 2.24) is 19.7 Å². The largest absolute Gasteiger partial charge is 0.383 e. The van der Waals surface area contributed by atoms with E-state index in [9.17, 15) is 8.78 Å². The van der Waals surface area contributed by atoms with E-state index < -0.39 is 11.6 Å². The Kier molecular flexibility index (Phi) is 4.77. The van der Waals surface area contributed by atoms with E-state index in [1.165, 1.54) is 11.1 Å². The Bertz CT molecular complexity index is 1280. The van der Waals surface area contributed by atoms with Crippen molar-refractivity contribution < 1.29 is 8.78 Å². The highest BCUT2D eigenvalue weighted by atomic mass is 19.1. The van der Waals surface area contributed by atoms with E-state index in [-0.39, 0.29) is 11.5 Å². The maximum absolute atomic E-state index is 14.5. The van der Waals surface area contributed by atoms with Gasteiger partial charge in [0, 0.05) is 24.7 Å². The van der Waals surface area contributed by atoms with Gasteiger partial charge in [0.15, 0.2) is 5.65 Å². The number of benzene rings is 2. The Morgan fingerprint density at radius 3 is 2.55 bits per heavy atom. The SMILES string of the molecule is Cc1cccc(-c2nc(N3CCCCC3)nc3nn(-c4cc(F)ccc4F)c(N)c23)c1. The summed E-state index contributed by atoms with van der Waals surface area (Å²) in [7, 11) is 0. The van der Waals surface area contributed by atoms with E-state index in [0.717, 1.165) is 55.3 Å². The van der Waals surface area contributed by atoms with Crippen LogP contribution in [0.4, 0.5) is 20.5 Å². The molecule has 8 heteroatoms. The Hall–Kier alpha value is -3.55. The molecular weight excluding hydrogens is 398 g/mol. The number of nitrogen functional groups attached to an aromatic ring is 1. The molecule has 0 amide bonds. The first-order valence-electron chi connectivity index (χ1n) is 10.3. The number of rotatable bonds is 3. The minimum atomic E-state index is -0.623. The molecule has 2 aromatic heterocycles. The molecule has 1 aliphatic rings. The summed E-state index contributed by atoms with van der Waals surface area (Å²) in [5.41, 5.74) is 9.28. The van der Waals surface area contributed by atoms with Gasteiger partial charge >= 0.3 is 0 Å². The maximum Gasteiger partial charge on any atom is 0.228 e. The van der Waals surface area contributed by atoms with E-state index >= 15 is 0 Å². The molecule has 2 aromatic carbocycles. The van der Waals surface area contributed by atoms with Gasteiger partial charge in [-0.15, -0.1) is 5.10 Å². The van der Waals surface area contributed by atoms with Gasteiger partial charge < -0.3 is 10.6 Å². The van der Waals surface area contributed by atoms with Gasteiger partial charge in [-0.05, 0) is 44.4 Å². The highest BCUT2D eigenvalue weighted by Gasteiger charge is 2.23. The summed E-state index contributed by atoms with van der Waals surface area (Å²) in [4.78, 5) is 11.6. The second-order valence-electron chi connectivity index (χ2n) is 7.88. The topological polar surface area (TPSA) is 72.9 Å². The van der Waals surface area contributed by atoms with E-state index in [2.05, 4.69) is 15.0 Å². The summed E-state index contributed by atoms with van der Waals surface area (Å²) in [6.45, 7) is 3.74. The highest BCUT2D eigenvalue weighted by Crippen LogP contribution is 2.34. The third-order valence-corrected chi connectivity index (χ3v) is 5.62. The van der Waals surface area contributed by atoms with Crippen LogP contribution in [0.5, 0.6) is 0 Å². The first-order valence-corrected chi connectivity index (χ1v) is 10.3. The van der Waals surface area contributed by atoms with E-state index in [1.807, 2.05) is 31.2 Å². The molecule has 0 unspecified atom stereocenters. The van der Waals surface area contributed by atoms with Gasteiger partial charge in [0.05, 0.1) is 11.1 Å². The highest BCUT2D eigenvalue weighted by molar-refractivity contribution is 5.99. The quantitative estimate of drug-likeness (QED) is 0.523. The molecule has 3 heterocycles. The van der Waals surface area contributed by atoms with Crippen molar-refractivity contribution in [3.8, 4) is 16.9 Å². The van der Waals surface area contributed by atoms with E-state index in [4.69, 9.17) is 10.7 Å². The van der Waals surface area contributed by atoms with Crippen LogP contribution < -0.4 is 10.6 Å².